The molecule has 4 rings (SSSR count). The largest absolute Gasteiger partial charge is 0.457 e. The molecule has 2 amide bonds. The molecule has 0 atom stereocenters. The monoisotopic (exact) mass is 423 g/mol. The number of carbonyl (C=O) groups excluding carboxylic acids is 2. The van der Waals surface area contributed by atoms with Gasteiger partial charge in [-0.1, -0.05) is 53.6 Å². The van der Waals surface area contributed by atoms with Crippen LogP contribution in [0.1, 0.15) is 22.5 Å². The number of benzene rings is 2. The number of imide groups is 1. The summed E-state index contributed by atoms with van der Waals surface area (Å²) in [6, 6.07) is 17.1. The van der Waals surface area contributed by atoms with E-state index in [0.29, 0.717) is 21.4 Å². The van der Waals surface area contributed by atoms with Gasteiger partial charge in [-0.15, -0.1) is 0 Å². The molecule has 0 spiro atoms. The van der Waals surface area contributed by atoms with Gasteiger partial charge in [0.2, 0.25) is 0 Å². The Morgan fingerprint density at radius 3 is 2.66 bits per heavy atom. The molecule has 29 heavy (non-hydrogen) atoms. The molecule has 3 aromatic rings. The highest BCUT2D eigenvalue weighted by Crippen LogP contribution is 2.34. The van der Waals surface area contributed by atoms with Crippen LogP contribution >= 0.6 is 23.4 Å². The van der Waals surface area contributed by atoms with Crippen molar-refractivity contribution in [1.29, 1.82) is 0 Å². The Kier molecular flexibility index (Phi) is 5.35. The lowest BCUT2D eigenvalue weighted by Crippen LogP contribution is -2.27. The Balaban J connectivity index is 1.54. The molecule has 0 N–H and O–H groups in total. The first-order valence-electron chi connectivity index (χ1n) is 9.08. The summed E-state index contributed by atoms with van der Waals surface area (Å²) < 4.78 is 5.85. The van der Waals surface area contributed by atoms with Crippen LogP contribution < -0.4 is 0 Å². The number of carbonyl (C=O) groups is 2. The molecule has 1 aliphatic rings. The molecule has 1 saturated heterocycles. The molecule has 6 heteroatoms. The zero-order valence-corrected chi connectivity index (χ0v) is 17.5. The van der Waals surface area contributed by atoms with E-state index in [2.05, 4.69) is 0 Å². The van der Waals surface area contributed by atoms with E-state index in [9.17, 15) is 9.59 Å². The van der Waals surface area contributed by atoms with Gasteiger partial charge in [0.1, 0.15) is 11.5 Å². The Morgan fingerprint density at radius 2 is 1.90 bits per heavy atom. The van der Waals surface area contributed by atoms with E-state index < -0.39 is 0 Å². The summed E-state index contributed by atoms with van der Waals surface area (Å²) in [4.78, 5) is 26.7. The fraction of sp³-hybridized carbons (Fsp3) is 0.130. The SMILES string of the molecule is Cc1cccc(CN2C(=O)S/C(=C\c3ccc(-c4ccc(C)c(Cl)c4)o3)C2=O)c1. The number of amides is 2. The van der Waals surface area contributed by atoms with E-state index in [4.69, 9.17) is 16.0 Å². The lowest BCUT2D eigenvalue weighted by molar-refractivity contribution is -0.123. The van der Waals surface area contributed by atoms with Crippen LogP contribution in [0.15, 0.2) is 63.9 Å². The van der Waals surface area contributed by atoms with Crippen LogP contribution in [0.4, 0.5) is 4.79 Å². The Bertz CT molecular complexity index is 1150. The predicted molar refractivity (Wildman–Crippen MR) is 117 cm³/mol. The zero-order valence-electron chi connectivity index (χ0n) is 15.9. The quantitative estimate of drug-likeness (QED) is 0.452. The summed E-state index contributed by atoms with van der Waals surface area (Å²) in [5.74, 6) is 0.854. The number of hydrogen-bond acceptors (Lipinski definition) is 4. The second-order valence-electron chi connectivity index (χ2n) is 6.92. The number of rotatable bonds is 4. The summed E-state index contributed by atoms with van der Waals surface area (Å²) >= 11 is 7.12. The van der Waals surface area contributed by atoms with Crippen molar-refractivity contribution in [1.82, 2.24) is 4.90 Å². The van der Waals surface area contributed by atoms with Crippen molar-refractivity contribution in [3.8, 4) is 11.3 Å². The third-order valence-corrected chi connectivity index (χ3v) is 5.97. The van der Waals surface area contributed by atoms with Crippen LogP contribution in [0, 0.1) is 13.8 Å². The molecule has 0 radical (unpaired) electrons. The van der Waals surface area contributed by atoms with Gasteiger partial charge in [-0.3, -0.25) is 14.5 Å². The van der Waals surface area contributed by atoms with Gasteiger partial charge in [0.25, 0.3) is 11.1 Å². The molecular weight excluding hydrogens is 406 g/mol. The van der Waals surface area contributed by atoms with Gasteiger partial charge in [0.15, 0.2) is 0 Å². The Hall–Kier alpha value is -2.76. The van der Waals surface area contributed by atoms with Gasteiger partial charge in [-0.05, 0) is 54.9 Å². The Labute approximate surface area is 178 Å². The van der Waals surface area contributed by atoms with Gasteiger partial charge in [-0.25, -0.2) is 0 Å². The highest BCUT2D eigenvalue weighted by molar-refractivity contribution is 8.18. The van der Waals surface area contributed by atoms with Crippen molar-refractivity contribution < 1.29 is 14.0 Å². The van der Waals surface area contributed by atoms with Gasteiger partial charge in [0.05, 0.1) is 11.4 Å². The summed E-state index contributed by atoms with van der Waals surface area (Å²) in [5, 5.41) is 0.387. The molecular formula is C23H18ClNO3S. The van der Waals surface area contributed by atoms with Crippen molar-refractivity contribution >= 4 is 40.6 Å². The maximum absolute atomic E-state index is 12.7. The minimum Gasteiger partial charge on any atom is -0.457 e. The van der Waals surface area contributed by atoms with Crippen LogP contribution in [-0.4, -0.2) is 16.0 Å². The second kappa shape index (κ2) is 7.93. The van der Waals surface area contributed by atoms with Gasteiger partial charge >= 0.3 is 0 Å². The van der Waals surface area contributed by atoms with E-state index in [1.165, 1.54) is 4.90 Å². The number of aryl methyl sites for hydroxylation is 2. The van der Waals surface area contributed by atoms with E-state index in [0.717, 1.165) is 34.0 Å². The smallest absolute Gasteiger partial charge is 0.293 e. The van der Waals surface area contributed by atoms with Crippen LogP contribution in [0.3, 0.4) is 0 Å². The number of thioether (sulfide) groups is 1. The van der Waals surface area contributed by atoms with Crippen molar-refractivity contribution in [3.05, 3.63) is 87.0 Å². The van der Waals surface area contributed by atoms with Crippen molar-refractivity contribution in [3.63, 3.8) is 0 Å². The molecule has 146 valence electrons. The van der Waals surface area contributed by atoms with E-state index in [-0.39, 0.29) is 17.7 Å². The number of hydrogen-bond donors (Lipinski definition) is 0. The van der Waals surface area contributed by atoms with Crippen LogP contribution in [0.25, 0.3) is 17.4 Å². The number of furan rings is 1. The van der Waals surface area contributed by atoms with Crippen molar-refractivity contribution in [2.24, 2.45) is 0 Å². The molecule has 1 aromatic heterocycles. The minimum absolute atomic E-state index is 0.259. The average molecular weight is 424 g/mol. The molecule has 1 aliphatic heterocycles. The normalized spacial score (nSPS) is 15.6. The molecule has 0 saturated carbocycles. The van der Waals surface area contributed by atoms with E-state index in [1.54, 1.807) is 12.1 Å². The fourth-order valence-corrected chi connectivity index (χ4v) is 4.09. The highest BCUT2D eigenvalue weighted by Gasteiger charge is 2.35. The summed E-state index contributed by atoms with van der Waals surface area (Å²) in [6.07, 6.45) is 1.61. The van der Waals surface area contributed by atoms with Gasteiger partial charge in [0, 0.05) is 16.7 Å². The highest BCUT2D eigenvalue weighted by atomic mass is 35.5. The van der Waals surface area contributed by atoms with Gasteiger partial charge in [-0.2, -0.15) is 0 Å². The molecule has 1 fully saturated rings. The van der Waals surface area contributed by atoms with E-state index in [1.807, 2.05) is 62.4 Å². The predicted octanol–water partition coefficient (Wildman–Crippen LogP) is 6.45. The molecule has 0 aliphatic carbocycles. The van der Waals surface area contributed by atoms with E-state index >= 15 is 0 Å². The Morgan fingerprint density at radius 1 is 1.07 bits per heavy atom. The molecule has 2 heterocycles. The van der Waals surface area contributed by atoms with Crippen LogP contribution in [-0.2, 0) is 11.3 Å². The molecule has 0 bridgehead atoms. The van der Waals surface area contributed by atoms with Crippen LogP contribution in [0.5, 0.6) is 0 Å². The minimum atomic E-state index is -0.308. The maximum Gasteiger partial charge on any atom is 0.293 e. The third-order valence-electron chi connectivity index (χ3n) is 4.65. The third kappa shape index (κ3) is 4.16. The fourth-order valence-electron chi connectivity index (χ4n) is 3.09. The van der Waals surface area contributed by atoms with Crippen molar-refractivity contribution in [2.75, 3.05) is 0 Å². The summed E-state index contributed by atoms with van der Waals surface area (Å²) in [6.45, 7) is 4.18. The first kappa shape index (κ1) is 19.6. The maximum atomic E-state index is 12.7. The first-order valence-corrected chi connectivity index (χ1v) is 10.3. The lowest BCUT2D eigenvalue weighted by atomic mass is 10.1. The number of halogens is 1. The summed E-state index contributed by atoms with van der Waals surface area (Å²) in [7, 11) is 0. The topological polar surface area (TPSA) is 50.5 Å². The van der Waals surface area contributed by atoms with Crippen LogP contribution in [0.2, 0.25) is 5.02 Å². The first-order chi connectivity index (χ1) is 13.9. The molecule has 0 unspecified atom stereocenters. The average Bonchev–Trinajstić information content (AvgIpc) is 3.25. The van der Waals surface area contributed by atoms with Crippen molar-refractivity contribution in [2.45, 2.75) is 20.4 Å². The lowest BCUT2D eigenvalue weighted by Gasteiger charge is -2.12. The summed E-state index contributed by atoms with van der Waals surface area (Å²) in [5.41, 5.74) is 3.85. The number of nitrogens with zero attached hydrogens (tertiary/aromatic N) is 1. The molecule has 2 aromatic carbocycles. The second-order valence-corrected chi connectivity index (χ2v) is 8.32. The van der Waals surface area contributed by atoms with Gasteiger partial charge < -0.3 is 4.42 Å². The standard InChI is InChI=1S/C23H18ClNO3S/c1-14-4-3-5-16(10-14)13-25-22(26)21(29-23(25)27)12-18-8-9-20(28-18)17-7-6-15(2)19(24)11-17/h3-12H,13H2,1-2H3/b21-12-. The molecule has 4 nitrogen and oxygen atoms in total. The zero-order chi connectivity index (χ0) is 20.5.